The zero-order chi connectivity index (χ0) is 23.5. The number of hydrogen-bond donors (Lipinski definition) is 2. The van der Waals surface area contributed by atoms with Gasteiger partial charge in [-0.05, 0) is 65.4 Å². The van der Waals surface area contributed by atoms with Crippen molar-refractivity contribution in [2.45, 2.75) is 44.6 Å². The van der Waals surface area contributed by atoms with Gasteiger partial charge in [0.15, 0.2) is 0 Å². The Morgan fingerprint density at radius 2 is 1.62 bits per heavy atom. The molecule has 0 aliphatic carbocycles. The summed E-state index contributed by atoms with van der Waals surface area (Å²) in [5.74, 6) is -0.270. The summed E-state index contributed by atoms with van der Waals surface area (Å²) in [5.41, 5.74) is 3.06. The van der Waals surface area contributed by atoms with E-state index in [2.05, 4.69) is 10.0 Å². The standard InChI is InChI=1S/C25H27ClN2O3S/c1-17-9-12-20(25(2,3)4)15-23(17)32(30,31)28-21-13-10-18(11-14-21)24(29)27-16-19-7-5-6-8-22(19)26/h5-15,28H,16H2,1-4H3,(H,27,29). The molecule has 0 aliphatic heterocycles. The number of rotatable bonds is 6. The van der Waals surface area contributed by atoms with Crippen LogP contribution in [0.3, 0.4) is 0 Å². The number of carbonyl (C=O) groups excluding carboxylic acids is 1. The van der Waals surface area contributed by atoms with Crippen molar-refractivity contribution in [2.75, 3.05) is 4.72 Å². The molecule has 3 aromatic carbocycles. The molecule has 1 amide bonds. The van der Waals surface area contributed by atoms with Crippen molar-refractivity contribution >= 4 is 33.2 Å². The Kier molecular flexibility index (Phi) is 6.96. The molecule has 0 aromatic heterocycles. The molecule has 0 unspecified atom stereocenters. The summed E-state index contributed by atoms with van der Waals surface area (Å²) < 4.78 is 28.6. The molecular weight excluding hydrogens is 444 g/mol. The summed E-state index contributed by atoms with van der Waals surface area (Å²) in [6.07, 6.45) is 0. The number of aryl methyl sites for hydroxylation is 1. The fourth-order valence-corrected chi connectivity index (χ4v) is 4.71. The molecule has 0 bridgehead atoms. The fourth-order valence-electron chi connectivity index (χ4n) is 3.18. The average molecular weight is 471 g/mol. The summed E-state index contributed by atoms with van der Waals surface area (Å²) >= 11 is 6.12. The zero-order valence-electron chi connectivity index (χ0n) is 18.6. The lowest BCUT2D eigenvalue weighted by Crippen LogP contribution is -2.23. The number of anilines is 1. The Labute approximate surface area is 194 Å². The Morgan fingerprint density at radius 1 is 0.969 bits per heavy atom. The number of carbonyl (C=O) groups is 1. The van der Waals surface area contributed by atoms with Crippen molar-refractivity contribution < 1.29 is 13.2 Å². The number of amides is 1. The van der Waals surface area contributed by atoms with E-state index in [1.165, 1.54) is 0 Å². The third-order valence-electron chi connectivity index (χ3n) is 5.14. The second kappa shape index (κ2) is 9.35. The van der Waals surface area contributed by atoms with E-state index in [-0.39, 0.29) is 16.2 Å². The van der Waals surface area contributed by atoms with Crippen LogP contribution >= 0.6 is 11.6 Å². The molecule has 0 saturated carbocycles. The first-order valence-electron chi connectivity index (χ1n) is 10.2. The molecule has 5 nitrogen and oxygen atoms in total. The zero-order valence-corrected chi connectivity index (χ0v) is 20.1. The van der Waals surface area contributed by atoms with E-state index in [1.54, 1.807) is 43.3 Å². The van der Waals surface area contributed by atoms with E-state index >= 15 is 0 Å². The van der Waals surface area contributed by atoms with Crippen LogP contribution in [0.2, 0.25) is 5.02 Å². The number of sulfonamides is 1. The monoisotopic (exact) mass is 470 g/mol. The van der Waals surface area contributed by atoms with Gasteiger partial charge in [0.2, 0.25) is 0 Å². The van der Waals surface area contributed by atoms with Crippen molar-refractivity contribution in [1.29, 1.82) is 0 Å². The van der Waals surface area contributed by atoms with Crippen LogP contribution in [0.4, 0.5) is 5.69 Å². The molecule has 0 fully saturated rings. The molecule has 168 valence electrons. The molecule has 0 aliphatic rings. The third-order valence-corrected chi connectivity index (χ3v) is 7.03. The first-order chi connectivity index (χ1) is 15.0. The highest BCUT2D eigenvalue weighted by Crippen LogP contribution is 2.28. The topological polar surface area (TPSA) is 75.3 Å². The molecule has 32 heavy (non-hydrogen) atoms. The van der Waals surface area contributed by atoms with Crippen molar-refractivity contribution in [2.24, 2.45) is 0 Å². The Morgan fingerprint density at radius 3 is 2.25 bits per heavy atom. The highest BCUT2D eigenvalue weighted by atomic mass is 35.5. The van der Waals surface area contributed by atoms with Crippen LogP contribution in [-0.2, 0) is 22.0 Å². The lowest BCUT2D eigenvalue weighted by Gasteiger charge is -2.21. The molecule has 3 rings (SSSR count). The van der Waals surface area contributed by atoms with Gasteiger partial charge in [0.05, 0.1) is 4.90 Å². The molecule has 3 aromatic rings. The van der Waals surface area contributed by atoms with Gasteiger partial charge in [-0.1, -0.05) is 62.7 Å². The van der Waals surface area contributed by atoms with Crippen molar-refractivity contribution in [3.63, 3.8) is 0 Å². The fraction of sp³-hybridized carbons (Fsp3) is 0.240. The van der Waals surface area contributed by atoms with Crippen LogP contribution in [0.15, 0.2) is 71.6 Å². The molecule has 7 heteroatoms. The summed E-state index contributed by atoms with van der Waals surface area (Å²) in [4.78, 5) is 12.7. The molecule has 0 saturated heterocycles. The quantitative estimate of drug-likeness (QED) is 0.486. The van der Waals surface area contributed by atoms with Gasteiger partial charge in [0.25, 0.3) is 15.9 Å². The van der Waals surface area contributed by atoms with E-state index < -0.39 is 10.0 Å². The van der Waals surface area contributed by atoms with E-state index in [0.717, 1.165) is 11.1 Å². The predicted octanol–water partition coefficient (Wildman–Crippen LogP) is 5.68. The smallest absolute Gasteiger partial charge is 0.262 e. The third kappa shape index (κ3) is 5.69. The van der Waals surface area contributed by atoms with Crippen LogP contribution < -0.4 is 10.0 Å². The van der Waals surface area contributed by atoms with Crippen LogP contribution in [0.5, 0.6) is 0 Å². The van der Waals surface area contributed by atoms with Gasteiger partial charge in [0, 0.05) is 22.8 Å². The molecule has 2 N–H and O–H groups in total. The predicted molar refractivity (Wildman–Crippen MR) is 130 cm³/mol. The van der Waals surface area contributed by atoms with Crippen LogP contribution in [0.25, 0.3) is 0 Å². The normalized spacial score (nSPS) is 11.8. The summed E-state index contributed by atoms with van der Waals surface area (Å²) in [7, 11) is -3.78. The number of nitrogens with one attached hydrogen (secondary N) is 2. The van der Waals surface area contributed by atoms with E-state index in [1.807, 2.05) is 51.1 Å². The molecule has 0 spiro atoms. The Bertz CT molecular complexity index is 1230. The van der Waals surface area contributed by atoms with Gasteiger partial charge in [-0.2, -0.15) is 0 Å². The number of halogens is 1. The molecule has 0 radical (unpaired) electrons. The van der Waals surface area contributed by atoms with E-state index in [0.29, 0.717) is 28.4 Å². The maximum absolute atomic E-state index is 13.0. The van der Waals surface area contributed by atoms with E-state index in [9.17, 15) is 13.2 Å². The minimum Gasteiger partial charge on any atom is -0.348 e. The van der Waals surface area contributed by atoms with Crippen molar-refractivity contribution in [3.05, 3.63) is 94.0 Å². The van der Waals surface area contributed by atoms with Gasteiger partial charge in [0.1, 0.15) is 0 Å². The molecule has 0 heterocycles. The van der Waals surface area contributed by atoms with Gasteiger partial charge in [-0.3, -0.25) is 9.52 Å². The SMILES string of the molecule is Cc1ccc(C(C)(C)C)cc1S(=O)(=O)Nc1ccc(C(=O)NCc2ccccc2Cl)cc1. The first-order valence-corrected chi connectivity index (χ1v) is 12.1. The second-order valence-corrected chi connectivity index (χ2v) is 10.7. The van der Waals surface area contributed by atoms with Gasteiger partial charge < -0.3 is 5.32 Å². The maximum atomic E-state index is 13.0. The number of hydrogen-bond acceptors (Lipinski definition) is 3. The minimum absolute atomic E-state index is 0.170. The van der Waals surface area contributed by atoms with Gasteiger partial charge in [-0.25, -0.2) is 8.42 Å². The lowest BCUT2D eigenvalue weighted by molar-refractivity contribution is 0.0951. The molecular formula is C25H27ClN2O3S. The minimum atomic E-state index is -3.78. The maximum Gasteiger partial charge on any atom is 0.262 e. The van der Waals surface area contributed by atoms with Crippen molar-refractivity contribution in [3.8, 4) is 0 Å². The summed E-state index contributed by atoms with van der Waals surface area (Å²) in [5, 5.41) is 3.40. The first kappa shape index (κ1) is 23.8. The number of benzene rings is 3. The van der Waals surface area contributed by atoms with Gasteiger partial charge in [-0.15, -0.1) is 0 Å². The summed E-state index contributed by atoms with van der Waals surface area (Å²) in [6.45, 7) is 8.19. The Hall–Kier alpha value is -2.83. The average Bonchev–Trinajstić information content (AvgIpc) is 2.72. The Balaban J connectivity index is 1.72. The van der Waals surface area contributed by atoms with Crippen LogP contribution in [-0.4, -0.2) is 14.3 Å². The summed E-state index contributed by atoms with van der Waals surface area (Å²) in [6, 6.07) is 19.1. The highest BCUT2D eigenvalue weighted by Gasteiger charge is 2.21. The van der Waals surface area contributed by atoms with E-state index in [4.69, 9.17) is 11.6 Å². The highest BCUT2D eigenvalue weighted by molar-refractivity contribution is 7.92. The van der Waals surface area contributed by atoms with Crippen LogP contribution in [0, 0.1) is 6.92 Å². The lowest BCUT2D eigenvalue weighted by atomic mass is 9.87. The molecule has 0 atom stereocenters. The second-order valence-electron chi connectivity index (χ2n) is 8.69. The van der Waals surface area contributed by atoms with Crippen LogP contribution in [0.1, 0.15) is 47.8 Å². The van der Waals surface area contributed by atoms with Crippen molar-refractivity contribution in [1.82, 2.24) is 5.32 Å². The largest absolute Gasteiger partial charge is 0.348 e. The van der Waals surface area contributed by atoms with Gasteiger partial charge >= 0.3 is 0 Å².